The van der Waals surface area contributed by atoms with Crippen LogP contribution < -0.4 is 0 Å². The number of hydrogen-bond acceptors (Lipinski definition) is 1. The Balaban J connectivity index is 1.75. The molecule has 0 radical (unpaired) electrons. The van der Waals surface area contributed by atoms with Crippen molar-refractivity contribution in [2.75, 3.05) is 0 Å². The Kier molecular flexibility index (Phi) is 2.92. The van der Waals surface area contributed by atoms with E-state index < -0.39 is 0 Å². The Morgan fingerprint density at radius 1 is 1.24 bits per heavy atom. The Labute approximate surface area is 133 Å². The van der Waals surface area contributed by atoms with Gasteiger partial charge in [0.15, 0.2) is 5.78 Å². The van der Waals surface area contributed by atoms with E-state index in [1.54, 1.807) is 12.1 Å². The van der Waals surface area contributed by atoms with Crippen LogP contribution in [0.1, 0.15) is 55.8 Å². The number of carbonyl (C=O) groups excluding carboxylic acids is 1. The van der Waals surface area contributed by atoms with Crippen LogP contribution in [0.25, 0.3) is 0 Å². The van der Waals surface area contributed by atoms with E-state index in [0.717, 1.165) is 23.7 Å². The van der Waals surface area contributed by atoms with Crippen molar-refractivity contribution in [3.05, 3.63) is 34.1 Å². The van der Waals surface area contributed by atoms with Crippen molar-refractivity contribution in [2.45, 2.75) is 45.4 Å². The molecule has 21 heavy (non-hydrogen) atoms. The molecule has 1 nitrogen and oxygen atoms in total. The molecule has 4 aliphatic rings. The summed E-state index contributed by atoms with van der Waals surface area (Å²) in [5.41, 5.74) is 0.304. The molecule has 5 rings (SSSR count). The second-order valence-corrected chi connectivity index (χ2v) is 8.92. The minimum absolute atomic E-state index is 0.0571. The van der Waals surface area contributed by atoms with Crippen LogP contribution in [0.3, 0.4) is 0 Å². The topological polar surface area (TPSA) is 17.1 Å². The number of benzene rings is 1. The lowest BCUT2D eigenvalue weighted by Gasteiger charge is -2.60. The van der Waals surface area contributed by atoms with Crippen molar-refractivity contribution in [3.63, 3.8) is 0 Å². The highest BCUT2D eigenvalue weighted by Gasteiger charge is 2.58. The van der Waals surface area contributed by atoms with Gasteiger partial charge in [-0.05, 0) is 74.0 Å². The second-order valence-electron chi connectivity index (χ2n) is 8.01. The molecule has 0 saturated heterocycles. The summed E-state index contributed by atoms with van der Waals surface area (Å²) in [7, 11) is 0. The number of hydrogen-bond donors (Lipinski definition) is 0. The molecule has 0 heterocycles. The van der Waals surface area contributed by atoms with E-state index in [0.29, 0.717) is 17.3 Å². The summed E-state index contributed by atoms with van der Waals surface area (Å²) < 4.78 is 14.9. The molecular weight excluding hydrogens is 331 g/mol. The van der Waals surface area contributed by atoms with E-state index in [1.165, 1.54) is 25.3 Å². The molecule has 112 valence electrons. The van der Waals surface area contributed by atoms with Crippen LogP contribution in [0.5, 0.6) is 0 Å². The first-order valence-corrected chi connectivity index (χ1v) is 8.68. The zero-order valence-electron chi connectivity index (χ0n) is 12.3. The molecular formula is C18H20BrFO. The van der Waals surface area contributed by atoms with Gasteiger partial charge in [0.05, 0.1) is 5.56 Å². The van der Waals surface area contributed by atoms with E-state index in [-0.39, 0.29) is 22.6 Å². The fourth-order valence-corrected chi connectivity index (χ4v) is 6.30. The first kappa shape index (κ1) is 13.9. The third kappa shape index (κ3) is 2.11. The highest BCUT2D eigenvalue weighted by molar-refractivity contribution is 9.10. The van der Waals surface area contributed by atoms with Crippen LogP contribution in [0.15, 0.2) is 22.7 Å². The minimum atomic E-state index is -0.371. The number of carbonyl (C=O) groups is 1. The number of halogens is 2. The van der Waals surface area contributed by atoms with Gasteiger partial charge in [-0.15, -0.1) is 0 Å². The molecule has 0 aromatic heterocycles. The van der Waals surface area contributed by atoms with Gasteiger partial charge in [0, 0.05) is 9.89 Å². The zero-order chi connectivity index (χ0) is 14.8. The quantitative estimate of drug-likeness (QED) is 0.654. The predicted molar refractivity (Wildman–Crippen MR) is 83.7 cm³/mol. The van der Waals surface area contributed by atoms with Crippen LogP contribution in [-0.4, -0.2) is 5.78 Å². The average molecular weight is 351 g/mol. The van der Waals surface area contributed by atoms with Gasteiger partial charge >= 0.3 is 0 Å². The van der Waals surface area contributed by atoms with E-state index in [4.69, 9.17) is 0 Å². The van der Waals surface area contributed by atoms with Crippen LogP contribution in [-0.2, 0) is 0 Å². The first-order chi connectivity index (χ1) is 9.89. The number of rotatable bonds is 2. The van der Waals surface area contributed by atoms with Gasteiger partial charge in [-0.2, -0.15) is 0 Å². The maximum absolute atomic E-state index is 14.2. The average Bonchev–Trinajstić information content (AvgIpc) is 2.38. The van der Waals surface area contributed by atoms with Gasteiger partial charge in [-0.25, -0.2) is 4.39 Å². The van der Waals surface area contributed by atoms with Gasteiger partial charge in [-0.3, -0.25) is 4.79 Å². The van der Waals surface area contributed by atoms with E-state index in [9.17, 15) is 9.18 Å². The molecule has 4 saturated carbocycles. The molecule has 0 amide bonds. The molecule has 2 unspecified atom stereocenters. The highest BCUT2D eigenvalue weighted by Crippen LogP contribution is 2.65. The summed E-state index contributed by atoms with van der Waals surface area (Å²) in [4.78, 5) is 13.2. The standard InChI is InChI=1S/C18H20BrFO/c1-17-6-11-4-12(7-17)9-18(8-11,10-17)16(21)14-5-13(19)2-3-15(14)20/h2-3,5,11-12H,4,6-10H2,1H3. The van der Waals surface area contributed by atoms with Crippen LogP contribution in [0.4, 0.5) is 4.39 Å². The molecule has 2 atom stereocenters. The lowest BCUT2D eigenvalue weighted by atomic mass is 9.43. The zero-order valence-corrected chi connectivity index (χ0v) is 13.9. The Morgan fingerprint density at radius 3 is 2.52 bits per heavy atom. The third-order valence-electron chi connectivity index (χ3n) is 6.01. The van der Waals surface area contributed by atoms with Crippen molar-refractivity contribution in [3.8, 4) is 0 Å². The van der Waals surface area contributed by atoms with Gasteiger partial charge in [0.2, 0.25) is 0 Å². The molecule has 1 aromatic carbocycles. The van der Waals surface area contributed by atoms with Crippen molar-refractivity contribution in [1.82, 2.24) is 0 Å². The van der Waals surface area contributed by atoms with Crippen molar-refractivity contribution < 1.29 is 9.18 Å². The van der Waals surface area contributed by atoms with E-state index in [2.05, 4.69) is 22.9 Å². The van der Waals surface area contributed by atoms with Crippen LogP contribution in [0, 0.1) is 28.5 Å². The summed E-state index contributed by atoms with van der Waals surface area (Å²) in [5.74, 6) is 1.04. The number of ketones is 1. The van der Waals surface area contributed by atoms with Crippen LogP contribution >= 0.6 is 15.9 Å². The van der Waals surface area contributed by atoms with Gasteiger partial charge in [-0.1, -0.05) is 22.9 Å². The first-order valence-electron chi connectivity index (χ1n) is 7.89. The molecule has 3 heteroatoms. The molecule has 0 spiro atoms. The van der Waals surface area contributed by atoms with E-state index in [1.807, 2.05) is 0 Å². The van der Waals surface area contributed by atoms with Gasteiger partial charge in [0.1, 0.15) is 5.82 Å². The lowest BCUT2D eigenvalue weighted by Crippen LogP contribution is -2.54. The summed E-state index contributed by atoms with van der Waals surface area (Å²) in [6.45, 7) is 2.34. The largest absolute Gasteiger partial charge is 0.293 e. The fraction of sp³-hybridized carbons (Fsp3) is 0.611. The second kappa shape index (κ2) is 4.41. The van der Waals surface area contributed by atoms with Gasteiger partial charge < -0.3 is 0 Å². The molecule has 4 aliphatic carbocycles. The summed E-state index contributed by atoms with van der Waals surface area (Å²) >= 11 is 3.37. The smallest absolute Gasteiger partial charge is 0.172 e. The monoisotopic (exact) mass is 350 g/mol. The van der Waals surface area contributed by atoms with Crippen molar-refractivity contribution >= 4 is 21.7 Å². The molecule has 1 aromatic rings. The summed E-state index contributed by atoms with van der Waals surface area (Å²) in [6.07, 6.45) is 6.72. The maximum atomic E-state index is 14.2. The Hall–Kier alpha value is -0.700. The molecule has 4 fully saturated rings. The molecule has 4 bridgehead atoms. The van der Waals surface area contributed by atoms with Crippen LogP contribution in [0.2, 0.25) is 0 Å². The lowest BCUT2D eigenvalue weighted by molar-refractivity contribution is -0.0821. The summed E-state index contributed by atoms with van der Waals surface area (Å²) in [6, 6.07) is 4.73. The molecule has 0 aliphatic heterocycles. The third-order valence-corrected chi connectivity index (χ3v) is 6.50. The van der Waals surface area contributed by atoms with Gasteiger partial charge in [0.25, 0.3) is 0 Å². The maximum Gasteiger partial charge on any atom is 0.172 e. The summed E-state index contributed by atoms with van der Waals surface area (Å²) in [5, 5.41) is 0. The molecule has 0 N–H and O–H groups in total. The van der Waals surface area contributed by atoms with E-state index >= 15 is 0 Å². The van der Waals surface area contributed by atoms with Crippen molar-refractivity contribution in [1.29, 1.82) is 0 Å². The number of Topliss-reactive ketones (excluding diaryl/α,β-unsaturated/α-hetero) is 1. The SMILES string of the molecule is CC12CC3CC(C1)CC(C(=O)c1cc(Br)ccc1F)(C3)C2. The normalized spacial score (nSPS) is 40.5. The minimum Gasteiger partial charge on any atom is -0.293 e. The Morgan fingerprint density at radius 2 is 1.90 bits per heavy atom. The van der Waals surface area contributed by atoms with Crippen molar-refractivity contribution in [2.24, 2.45) is 22.7 Å². The highest BCUT2D eigenvalue weighted by atomic mass is 79.9. The Bertz CT molecular complexity index is 610. The fourth-order valence-electron chi connectivity index (χ4n) is 5.94. The predicted octanol–water partition coefficient (Wildman–Crippen LogP) is 5.38.